The van der Waals surface area contributed by atoms with Gasteiger partial charge in [-0.15, -0.1) is 0 Å². The molecule has 0 aromatic rings. The van der Waals surface area contributed by atoms with Gasteiger partial charge in [-0.1, -0.05) is 168 Å². The minimum absolute atomic E-state index is 0.265. The number of nitrogens with one attached hydrogen (secondary N) is 1. The zero-order chi connectivity index (χ0) is 39.3. The van der Waals surface area contributed by atoms with Crippen LogP contribution < -0.4 is 5.32 Å². The molecule has 1 amide bonds. The molecule has 1 fully saturated rings. The van der Waals surface area contributed by atoms with Gasteiger partial charge in [0.2, 0.25) is 5.91 Å². The first-order valence-corrected chi connectivity index (χ1v) is 22.4. The Kier molecular flexibility index (Phi) is 29.5. The Bertz CT molecular complexity index is 990. The fourth-order valence-electron chi connectivity index (χ4n) is 6.88. The van der Waals surface area contributed by atoms with E-state index in [0.717, 1.165) is 38.5 Å². The summed E-state index contributed by atoms with van der Waals surface area (Å²) < 4.78 is 47.4. The standard InChI is InChI=1S/C39H77NO12S/c1-3-5-7-9-11-13-15-17-19-21-23-25-27-32(42)31(30-50-39-36(45)37(52-53(47,48)49)35(44)34(29-41)51-39)40-38(46)33(43)28-26-24-22-20-18-16-14-12-10-8-6-4-2/h31-37,39,41-45H,3-30H2,1-2H3,(H,40,46)(H,47,48,49). The second kappa shape index (κ2) is 31.2. The molecule has 1 rings (SSSR count). The van der Waals surface area contributed by atoms with E-state index in [9.17, 15) is 38.7 Å². The van der Waals surface area contributed by atoms with Gasteiger partial charge in [0.1, 0.15) is 30.5 Å². The second-order valence-electron chi connectivity index (χ2n) is 15.1. The smallest absolute Gasteiger partial charge is 0.394 e. The highest BCUT2D eigenvalue weighted by atomic mass is 32.3. The van der Waals surface area contributed by atoms with Gasteiger partial charge in [0.05, 0.1) is 25.4 Å². The number of rotatable bonds is 35. The van der Waals surface area contributed by atoms with Crippen molar-refractivity contribution >= 4 is 16.3 Å². The van der Waals surface area contributed by atoms with Crippen LogP contribution in [0.1, 0.15) is 181 Å². The number of unbranched alkanes of at least 4 members (excludes halogenated alkanes) is 22. The number of carbonyl (C=O) groups excluding carboxylic acids is 1. The fraction of sp³-hybridized carbons (Fsp3) is 0.974. The number of amides is 1. The second-order valence-corrected chi connectivity index (χ2v) is 16.1. The molecule has 1 heterocycles. The summed E-state index contributed by atoms with van der Waals surface area (Å²) in [6.45, 7) is 3.24. The van der Waals surface area contributed by atoms with E-state index in [0.29, 0.717) is 19.3 Å². The zero-order valence-electron chi connectivity index (χ0n) is 33.0. The normalized spacial score (nSPS) is 22.5. The maximum atomic E-state index is 13.0. The Morgan fingerprint density at radius 2 is 1.09 bits per heavy atom. The predicted molar refractivity (Wildman–Crippen MR) is 205 cm³/mol. The van der Waals surface area contributed by atoms with Crippen molar-refractivity contribution in [2.24, 2.45) is 0 Å². The Morgan fingerprint density at radius 3 is 1.51 bits per heavy atom. The average Bonchev–Trinajstić information content (AvgIpc) is 3.12. The van der Waals surface area contributed by atoms with Crippen LogP contribution in [0.25, 0.3) is 0 Å². The van der Waals surface area contributed by atoms with Crippen molar-refractivity contribution in [1.82, 2.24) is 5.32 Å². The first-order chi connectivity index (χ1) is 25.4. The topological polar surface area (TPSA) is 212 Å². The van der Waals surface area contributed by atoms with Gasteiger partial charge in [-0.25, -0.2) is 4.18 Å². The van der Waals surface area contributed by atoms with E-state index < -0.39 is 78.5 Å². The largest absolute Gasteiger partial charge is 0.397 e. The summed E-state index contributed by atoms with van der Waals surface area (Å²) >= 11 is 0. The highest BCUT2D eigenvalue weighted by Gasteiger charge is 2.48. The number of hydrogen-bond acceptors (Lipinski definition) is 11. The summed E-state index contributed by atoms with van der Waals surface area (Å²) in [6.07, 6.45) is 17.3. The van der Waals surface area contributed by atoms with E-state index in [2.05, 4.69) is 23.3 Å². The first kappa shape index (κ1) is 50.1. The van der Waals surface area contributed by atoms with Crippen LogP contribution in [0, 0.1) is 0 Å². The molecule has 316 valence electrons. The van der Waals surface area contributed by atoms with Gasteiger partial charge >= 0.3 is 10.4 Å². The molecule has 0 saturated carbocycles. The van der Waals surface area contributed by atoms with E-state index in [1.54, 1.807) is 0 Å². The van der Waals surface area contributed by atoms with Crippen LogP contribution in [0.3, 0.4) is 0 Å². The minimum atomic E-state index is -5.10. The molecule has 8 atom stereocenters. The van der Waals surface area contributed by atoms with Crippen LogP contribution in [0.15, 0.2) is 0 Å². The lowest BCUT2D eigenvalue weighted by Gasteiger charge is -2.41. The molecule has 0 aliphatic carbocycles. The molecule has 0 aromatic carbocycles. The third kappa shape index (κ3) is 24.3. The van der Waals surface area contributed by atoms with Gasteiger partial charge in [0.25, 0.3) is 0 Å². The number of hydrogen-bond donors (Lipinski definition) is 7. The van der Waals surface area contributed by atoms with Crippen LogP contribution in [0.5, 0.6) is 0 Å². The Labute approximate surface area is 320 Å². The Hall–Kier alpha value is -0.940. The average molecular weight is 784 g/mol. The number of aliphatic hydroxyl groups is 5. The third-order valence-corrected chi connectivity index (χ3v) is 10.7. The molecule has 1 saturated heterocycles. The van der Waals surface area contributed by atoms with Crippen LogP contribution in [-0.2, 0) is 28.9 Å². The van der Waals surface area contributed by atoms with Crippen LogP contribution in [-0.4, -0.2) is 107 Å². The van der Waals surface area contributed by atoms with Crippen molar-refractivity contribution in [3.05, 3.63) is 0 Å². The third-order valence-electron chi connectivity index (χ3n) is 10.3. The summed E-state index contributed by atoms with van der Waals surface area (Å²) in [5.74, 6) is -0.670. The molecule has 0 bridgehead atoms. The molecular weight excluding hydrogens is 706 g/mol. The number of carbonyl (C=O) groups is 1. The van der Waals surface area contributed by atoms with Crippen molar-refractivity contribution in [3.63, 3.8) is 0 Å². The van der Waals surface area contributed by atoms with Crippen LogP contribution in [0.4, 0.5) is 0 Å². The molecule has 0 spiro atoms. The lowest BCUT2D eigenvalue weighted by atomic mass is 9.99. The monoisotopic (exact) mass is 784 g/mol. The molecular formula is C39H77NO12S. The summed E-state index contributed by atoms with van der Waals surface area (Å²) in [5, 5.41) is 55.1. The summed E-state index contributed by atoms with van der Waals surface area (Å²) in [5.41, 5.74) is 0. The van der Waals surface area contributed by atoms with Gasteiger partial charge in [-0.05, 0) is 12.8 Å². The van der Waals surface area contributed by atoms with E-state index in [4.69, 9.17) is 14.0 Å². The van der Waals surface area contributed by atoms with Gasteiger partial charge in [0.15, 0.2) is 6.29 Å². The highest BCUT2D eigenvalue weighted by Crippen LogP contribution is 2.26. The predicted octanol–water partition coefficient (Wildman–Crippen LogP) is 6.02. The van der Waals surface area contributed by atoms with Gasteiger partial charge in [-0.2, -0.15) is 8.42 Å². The molecule has 53 heavy (non-hydrogen) atoms. The minimum Gasteiger partial charge on any atom is -0.394 e. The van der Waals surface area contributed by atoms with E-state index in [1.807, 2.05) is 0 Å². The van der Waals surface area contributed by atoms with Crippen molar-refractivity contribution in [2.75, 3.05) is 13.2 Å². The number of ether oxygens (including phenoxy) is 2. The zero-order valence-corrected chi connectivity index (χ0v) is 33.8. The van der Waals surface area contributed by atoms with E-state index in [1.165, 1.54) is 103 Å². The summed E-state index contributed by atoms with van der Waals surface area (Å²) in [4.78, 5) is 13.0. The summed E-state index contributed by atoms with van der Waals surface area (Å²) in [6, 6.07) is -1.02. The van der Waals surface area contributed by atoms with Gasteiger partial charge in [-0.3, -0.25) is 9.35 Å². The quantitative estimate of drug-likeness (QED) is 0.0291. The maximum Gasteiger partial charge on any atom is 0.397 e. The molecule has 7 N–H and O–H groups in total. The van der Waals surface area contributed by atoms with E-state index >= 15 is 0 Å². The van der Waals surface area contributed by atoms with E-state index in [-0.39, 0.29) is 6.42 Å². The highest BCUT2D eigenvalue weighted by molar-refractivity contribution is 7.80. The summed E-state index contributed by atoms with van der Waals surface area (Å²) in [7, 11) is -5.10. The van der Waals surface area contributed by atoms with Crippen LogP contribution in [0.2, 0.25) is 0 Å². The molecule has 13 nitrogen and oxygen atoms in total. The molecule has 14 heteroatoms. The SMILES string of the molecule is CCCCCCCCCCCCCCC(O)C(=O)NC(COC1OC(CO)C(O)C(OS(=O)(=O)O)C1O)C(O)CCCCCCCCCCCCCC. The Morgan fingerprint density at radius 1 is 0.679 bits per heavy atom. The lowest BCUT2D eigenvalue weighted by Crippen LogP contribution is -2.61. The van der Waals surface area contributed by atoms with Crippen LogP contribution >= 0.6 is 0 Å². The van der Waals surface area contributed by atoms with Crippen molar-refractivity contribution < 1.29 is 57.0 Å². The maximum absolute atomic E-state index is 13.0. The molecule has 1 aliphatic rings. The Balaban J connectivity index is 2.63. The van der Waals surface area contributed by atoms with Crippen molar-refractivity contribution in [3.8, 4) is 0 Å². The number of aliphatic hydroxyl groups excluding tert-OH is 5. The molecule has 0 radical (unpaired) electrons. The van der Waals surface area contributed by atoms with Crippen molar-refractivity contribution in [2.45, 2.75) is 230 Å². The van der Waals surface area contributed by atoms with Gasteiger partial charge < -0.3 is 40.3 Å². The van der Waals surface area contributed by atoms with Crippen molar-refractivity contribution in [1.29, 1.82) is 0 Å². The lowest BCUT2D eigenvalue weighted by molar-refractivity contribution is -0.298. The van der Waals surface area contributed by atoms with Gasteiger partial charge in [0, 0.05) is 0 Å². The molecule has 0 aromatic heterocycles. The molecule has 1 aliphatic heterocycles. The first-order valence-electron chi connectivity index (χ1n) is 21.0. The molecule has 8 unspecified atom stereocenters. The fourth-order valence-corrected chi connectivity index (χ4v) is 7.39.